The van der Waals surface area contributed by atoms with Gasteiger partial charge in [-0.3, -0.25) is 0 Å². The fraction of sp³-hybridized carbons (Fsp3) is 1.00. The van der Waals surface area contributed by atoms with Crippen LogP contribution in [0.25, 0.3) is 0 Å². The van der Waals surface area contributed by atoms with Crippen molar-refractivity contribution in [3.63, 3.8) is 0 Å². The molecule has 0 aromatic heterocycles. The SMILES string of the molecule is CNC1C(O)C(O)C(N)C(OC2OC(C(C)N)CCC2N)C1O. The molecule has 0 bridgehead atoms. The third kappa shape index (κ3) is 3.84. The third-order valence-corrected chi connectivity index (χ3v) is 4.85. The van der Waals surface area contributed by atoms with Crippen LogP contribution >= 0.6 is 0 Å². The van der Waals surface area contributed by atoms with Crippen molar-refractivity contribution in [3.05, 3.63) is 0 Å². The molecule has 1 saturated heterocycles. The van der Waals surface area contributed by atoms with Crippen molar-refractivity contribution in [1.29, 1.82) is 0 Å². The Bertz CT molecular complexity index is 388. The summed E-state index contributed by atoms with van der Waals surface area (Å²) in [5.74, 6) is 0. The molecule has 0 aromatic rings. The van der Waals surface area contributed by atoms with E-state index < -0.39 is 42.8 Å². The Hall–Kier alpha value is -0.360. The monoisotopic (exact) mass is 334 g/mol. The van der Waals surface area contributed by atoms with Gasteiger partial charge in [0, 0.05) is 6.04 Å². The summed E-state index contributed by atoms with van der Waals surface area (Å²) in [5, 5.41) is 33.3. The van der Waals surface area contributed by atoms with Crippen molar-refractivity contribution in [1.82, 2.24) is 5.32 Å². The fourth-order valence-electron chi connectivity index (χ4n) is 3.29. The molecule has 0 aromatic carbocycles. The summed E-state index contributed by atoms with van der Waals surface area (Å²) >= 11 is 0. The molecule has 1 aliphatic heterocycles. The minimum Gasteiger partial charge on any atom is -0.389 e. The Morgan fingerprint density at radius 2 is 1.78 bits per heavy atom. The zero-order valence-electron chi connectivity index (χ0n) is 13.6. The van der Waals surface area contributed by atoms with Gasteiger partial charge in [-0.05, 0) is 26.8 Å². The average molecular weight is 334 g/mol. The van der Waals surface area contributed by atoms with Gasteiger partial charge in [-0.25, -0.2) is 0 Å². The van der Waals surface area contributed by atoms with E-state index in [4.69, 9.17) is 26.7 Å². The number of nitrogens with one attached hydrogen (secondary N) is 1. The number of nitrogens with two attached hydrogens (primary N) is 3. The van der Waals surface area contributed by atoms with Crippen molar-refractivity contribution in [2.24, 2.45) is 17.2 Å². The van der Waals surface area contributed by atoms with Gasteiger partial charge in [-0.15, -0.1) is 0 Å². The largest absolute Gasteiger partial charge is 0.389 e. The molecule has 9 nitrogen and oxygen atoms in total. The van der Waals surface area contributed by atoms with Crippen molar-refractivity contribution < 1.29 is 24.8 Å². The van der Waals surface area contributed by atoms with E-state index in [1.165, 1.54) is 0 Å². The van der Waals surface area contributed by atoms with Crippen LogP contribution in [0.3, 0.4) is 0 Å². The van der Waals surface area contributed by atoms with E-state index in [2.05, 4.69) is 5.32 Å². The van der Waals surface area contributed by atoms with Crippen LogP contribution in [-0.2, 0) is 9.47 Å². The predicted octanol–water partition coefficient (Wildman–Crippen LogP) is -3.44. The normalized spacial score (nSPS) is 49.8. The zero-order valence-corrected chi connectivity index (χ0v) is 13.6. The molecule has 2 aliphatic rings. The minimum atomic E-state index is -1.23. The number of rotatable bonds is 4. The number of aliphatic hydroxyl groups excluding tert-OH is 3. The number of aliphatic hydroxyl groups is 3. The van der Waals surface area contributed by atoms with Gasteiger partial charge in [-0.1, -0.05) is 0 Å². The first-order valence-electron chi connectivity index (χ1n) is 8.07. The van der Waals surface area contributed by atoms with Crippen LogP contribution in [0.4, 0.5) is 0 Å². The predicted molar refractivity (Wildman–Crippen MR) is 83.2 cm³/mol. The van der Waals surface area contributed by atoms with Crippen LogP contribution in [0.1, 0.15) is 19.8 Å². The Morgan fingerprint density at radius 3 is 2.35 bits per heavy atom. The third-order valence-electron chi connectivity index (χ3n) is 4.85. The molecule has 10 N–H and O–H groups in total. The van der Waals surface area contributed by atoms with E-state index in [9.17, 15) is 15.3 Å². The molecule has 136 valence electrons. The van der Waals surface area contributed by atoms with Crippen molar-refractivity contribution in [2.45, 2.75) is 80.7 Å². The summed E-state index contributed by atoms with van der Waals surface area (Å²) in [5.41, 5.74) is 17.8. The van der Waals surface area contributed by atoms with Gasteiger partial charge >= 0.3 is 0 Å². The second kappa shape index (κ2) is 7.68. The van der Waals surface area contributed by atoms with Crippen LogP contribution in [0.5, 0.6) is 0 Å². The van der Waals surface area contributed by atoms with E-state index in [1.807, 2.05) is 6.92 Å². The van der Waals surface area contributed by atoms with Gasteiger partial charge in [0.1, 0.15) is 6.10 Å². The van der Waals surface area contributed by atoms with Crippen molar-refractivity contribution in [2.75, 3.05) is 7.05 Å². The molecule has 1 aliphatic carbocycles. The van der Waals surface area contributed by atoms with Crippen molar-refractivity contribution >= 4 is 0 Å². The average Bonchev–Trinajstić information content (AvgIpc) is 2.51. The van der Waals surface area contributed by atoms with Crippen LogP contribution in [0.15, 0.2) is 0 Å². The zero-order chi connectivity index (χ0) is 17.3. The first-order valence-corrected chi connectivity index (χ1v) is 8.07. The van der Waals surface area contributed by atoms with Gasteiger partial charge in [0.2, 0.25) is 0 Å². The number of hydrogen-bond donors (Lipinski definition) is 7. The first-order chi connectivity index (χ1) is 10.8. The van der Waals surface area contributed by atoms with Gasteiger partial charge in [-0.2, -0.15) is 0 Å². The lowest BCUT2D eigenvalue weighted by molar-refractivity contribution is -0.261. The Balaban J connectivity index is 2.09. The molecule has 0 radical (unpaired) electrons. The topological polar surface area (TPSA) is 169 Å². The Kier molecular flexibility index (Phi) is 6.34. The summed E-state index contributed by atoms with van der Waals surface area (Å²) in [6, 6.07) is -2.27. The second-order valence-electron chi connectivity index (χ2n) is 6.61. The lowest BCUT2D eigenvalue weighted by Gasteiger charge is -2.47. The van der Waals surface area contributed by atoms with Crippen LogP contribution in [0, 0.1) is 0 Å². The summed E-state index contributed by atoms with van der Waals surface area (Å²) in [6.45, 7) is 1.84. The molecule has 2 rings (SSSR count). The molecule has 9 heteroatoms. The molecule has 1 saturated carbocycles. The van der Waals surface area contributed by atoms with E-state index >= 15 is 0 Å². The highest BCUT2D eigenvalue weighted by Gasteiger charge is 2.49. The van der Waals surface area contributed by atoms with E-state index in [-0.39, 0.29) is 18.2 Å². The van der Waals surface area contributed by atoms with Crippen LogP contribution in [-0.4, -0.2) is 83.3 Å². The van der Waals surface area contributed by atoms with Gasteiger partial charge in [0.15, 0.2) is 6.29 Å². The number of ether oxygens (including phenoxy) is 2. The molecule has 2 fully saturated rings. The standard InChI is InChI=1S/C14H30N4O5/c1-5(15)7-4-3-6(16)14(22-7)23-13-8(17)10(19)11(20)9(18-2)12(13)21/h5-14,18-21H,3-4,15-17H2,1-2H3. The summed E-state index contributed by atoms with van der Waals surface area (Å²) < 4.78 is 11.6. The minimum absolute atomic E-state index is 0.170. The molecular formula is C14H30N4O5. The second-order valence-corrected chi connectivity index (χ2v) is 6.61. The molecule has 0 amide bonds. The van der Waals surface area contributed by atoms with E-state index in [0.29, 0.717) is 6.42 Å². The molecule has 0 spiro atoms. The summed E-state index contributed by atoms with van der Waals surface area (Å²) in [4.78, 5) is 0. The molecule has 23 heavy (non-hydrogen) atoms. The Morgan fingerprint density at radius 1 is 1.13 bits per heavy atom. The van der Waals surface area contributed by atoms with E-state index in [0.717, 1.165) is 6.42 Å². The van der Waals surface area contributed by atoms with Crippen LogP contribution < -0.4 is 22.5 Å². The molecule has 10 unspecified atom stereocenters. The maximum atomic E-state index is 10.4. The first kappa shape index (κ1) is 19.0. The summed E-state index contributed by atoms with van der Waals surface area (Å²) in [7, 11) is 1.58. The summed E-state index contributed by atoms with van der Waals surface area (Å²) in [6.07, 6.45) is -4.01. The fourth-order valence-corrected chi connectivity index (χ4v) is 3.29. The van der Waals surface area contributed by atoms with Crippen LogP contribution in [0.2, 0.25) is 0 Å². The molecule has 10 atom stereocenters. The molecule has 1 heterocycles. The highest BCUT2D eigenvalue weighted by atomic mass is 16.7. The van der Waals surface area contributed by atoms with Crippen molar-refractivity contribution in [3.8, 4) is 0 Å². The smallest absolute Gasteiger partial charge is 0.173 e. The van der Waals surface area contributed by atoms with E-state index in [1.54, 1.807) is 7.05 Å². The van der Waals surface area contributed by atoms with Gasteiger partial charge in [0.05, 0.1) is 42.5 Å². The lowest BCUT2D eigenvalue weighted by Crippen LogP contribution is -2.71. The lowest BCUT2D eigenvalue weighted by atomic mass is 9.82. The van der Waals surface area contributed by atoms with Gasteiger partial charge in [0.25, 0.3) is 0 Å². The highest BCUT2D eigenvalue weighted by molar-refractivity contribution is 5.04. The maximum absolute atomic E-state index is 10.4. The Labute approximate surface area is 136 Å². The highest BCUT2D eigenvalue weighted by Crippen LogP contribution is 2.27. The maximum Gasteiger partial charge on any atom is 0.173 e. The number of likely N-dealkylation sites (N-methyl/N-ethyl adjacent to an activating group) is 1. The van der Waals surface area contributed by atoms with Gasteiger partial charge < -0.3 is 47.3 Å². The number of hydrogen-bond acceptors (Lipinski definition) is 9. The quantitative estimate of drug-likeness (QED) is 0.276. The molecular weight excluding hydrogens is 304 g/mol.